The largest absolute Gasteiger partial charge is 0.481 e. The summed E-state index contributed by atoms with van der Waals surface area (Å²) < 4.78 is 0. The number of carboxylic acids is 1. The molecule has 0 fully saturated rings. The van der Waals surface area contributed by atoms with Crippen LogP contribution in [-0.2, 0) is 11.2 Å². The standard InChI is InChI=1S/C13H15NO2/c1-14-9-3-2-4-11-5-7-12(8-6-11)10-13(15)16/h5-8,14H,3,9-10H2,1H3,(H,15,16). The Labute approximate surface area is 95.5 Å². The fourth-order valence-electron chi connectivity index (χ4n) is 1.23. The van der Waals surface area contributed by atoms with Crippen molar-refractivity contribution < 1.29 is 9.90 Å². The zero-order chi connectivity index (χ0) is 11.8. The molecule has 0 amide bonds. The molecule has 2 N–H and O–H groups in total. The fraction of sp³-hybridized carbons (Fsp3) is 0.308. The molecule has 0 aromatic heterocycles. The van der Waals surface area contributed by atoms with Gasteiger partial charge in [-0.2, -0.15) is 0 Å². The van der Waals surface area contributed by atoms with Crippen LogP contribution in [0.25, 0.3) is 0 Å². The average Bonchev–Trinajstić information content (AvgIpc) is 2.26. The van der Waals surface area contributed by atoms with E-state index < -0.39 is 5.97 Å². The van der Waals surface area contributed by atoms with E-state index in [-0.39, 0.29) is 6.42 Å². The molecule has 0 atom stereocenters. The van der Waals surface area contributed by atoms with Gasteiger partial charge in [0.05, 0.1) is 6.42 Å². The minimum absolute atomic E-state index is 0.0630. The molecule has 1 rings (SSSR count). The van der Waals surface area contributed by atoms with Crippen LogP contribution in [0.5, 0.6) is 0 Å². The van der Waals surface area contributed by atoms with Crippen LogP contribution in [-0.4, -0.2) is 24.7 Å². The first kappa shape index (κ1) is 12.3. The molecular formula is C13H15NO2. The van der Waals surface area contributed by atoms with Gasteiger partial charge in [-0.15, -0.1) is 0 Å². The summed E-state index contributed by atoms with van der Waals surface area (Å²) in [5.74, 6) is 5.24. The van der Waals surface area contributed by atoms with E-state index in [1.807, 2.05) is 19.2 Å². The molecular weight excluding hydrogens is 202 g/mol. The second kappa shape index (κ2) is 6.65. The van der Waals surface area contributed by atoms with Gasteiger partial charge in [-0.25, -0.2) is 0 Å². The maximum absolute atomic E-state index is 10.5. The summed E-state index contributed by atoms with van der Waals surface area (Å²) in [4.78, 5) is 10.5. The lowest BCUT2D eigenvalue weighted by Crippen LogP contribution is -2.05. The van der Waals surface area contributed by atoms with Crippen LogP contribution in [0.15, 0.2) is 24.3 Å². The number of hydrogen-bond donors (Lipinski definition) is 2. The Morgan fingerprint density at radius 1 is 1.38 bits per heavy atom. The molecule has 84 valence electrons. The molecule has 0 aliphatic heterocycles. The molecule has 3 heteroatoms. The highest BCUT2D eigenvalue weighted by Gasteiger charge is 1.98. The van der Waals surface area contributed by atoms with Crippen molar-refractivity contribution in [3.63, 3.8) is 0 Å². The van der Waals surface area contributed by atoms with Crippen LogP contribution in [0.3, 0.4) is 0 Å². The lowest BCUT2D eigenvalue weighted by molar-refractivity contribution is -0.136. The van der Waals surface area contributed by atoms with E-state index >= 15 is 0 Å². The SMILES string of the molecule is CNCCC#Cc1ccc(CC(=O)O)cc1. The van der Waals surface area contributed by atoms with Gasteiger partial charge in [-0.3, -0.25) is 4.79 Å². The van der Waals surface area contributed by atoms with E-state index in [9.17, 15) is 4.79 Å². The maximum atomic E-state index is 10.5. The first-order valence-corrected chi connectivity index (χ1v) is 5.16. The summed E-state index contributed by atoms with van der Waals surface area (Å²) >= 11 is 0. The zero-order valence-electron chi connectivity index (χ0n) is 9.29. The summed E-state index contributed by atoms with van der Waals surface area (Å²) in [7, 11) is 1.89. The van der Waals surface area contributed by atoms with Crippen LogP contribution < -0.4 is 5.32 Å². The Balaban J connectivity index is 2.56. The third kappa shape index (κ3) is 4.63. The minimum Gasteiger partial charge on any atom is -0.481 e. The second-order valence-corrected chi connectivity index (χ2v) is 3.42. The van der Waals surface area contributed by atoms with Crippen LogP contribution in [0, 0.1) is 11.8 Å². The lowest BCUT2D eigenvalue weighted by Gasteiger charge is -1.96. The zero-order valence-corrected chi connectivity index (χ0v) is 9.29. The number of rotatable bonds is 4. The first-order chi connectivity index (χ1) is 7.72. The third-order valence-electron chi connectivity index (χ3n) is 2.04. The Bertz CT molecular complexity index is 398. The Morgan fingerprint density at radius 2 is 2.06 bits per heavy atom. The molecule has 0 saturated heterocycles. The lowest BCUT2D eigenvalue weighted by atomic mass is 10.1. The number of carboxylic acid groups (broad SMARTS) is 1. The second-order valence-electron chi connectivity index (χ2n) is 3.42. The minimum atomic E-state index is -0.812. The molecule has 0 saturated carbocycles. The predicted molar refractivity (Wildman–Crippen MR) is 63.2 cm³/mol. The van der Waals surface area contributed by atoms with E-state index in [0.717, 1.165) is 24.1 Å². The fourth-order valence-corrected chi connectivity index (χ4v) is 1.23. The highest BCUT2D eigenvalue weighted by Crippen LogP contribution is 2.04. The summed E-state index contributed by atoms with van der Waals surface area (Å²) in [5, 5.41) is 11.6. The van der Waals surface area contributed by atoms with Crippen LogP contribution in [0.1, 0.15) is 17.5 Å². The number of carbonyl (C=O) groups is 1. The van der Waals surface area contributed by atoms with Crippen LogP contribution in [0.2, 0.25) is 0 Å². The smallest absolute Gasteiger partial charge is 0.307 e. The van der Waals surface area contributed by atoms with E-state index in [0.29, 0.717) is 0 Å². The van der Waals surface area contributed by atoms with Crippen LogP contribution >= 0.6 is 0 Å². The Hall–Kier alpha value is -1.79. The van der Waals surface area contributed by atoms with Gasteiger partial charge in [0, 0.05) is 18.5 Å². The highest BCUT2D eigenvalue weighted by molar-refractivity contribution is 5.70. The molecule has 0 aliphatic rings. The molecule has 0 radical (unpaired) electrons. The third-order valence-corrected chi connectivity index (χ3v) is 2.04. The van der Waals surface area contributed by atoms with E-state index in [2.05, 4.69) is 17.2 Å². The average molecular weight is 217 g/mol. The van der Waals surface area contributed by atoms with Crippen molar-refractivity contribution in [1.82, 2.24) is 5.32 Å². The first-order valence-electron chi connectivity index (χ1n) is 5.16. The number of hydrogen-bond acceptors (Lipinski definition) is 2. The molecule has 1 aromatic rings. The van der Waals surface area contributed by atoms with Crippen molar-refractivity contribution in [3.05, 3.63) is 35.4 Å². The molecule has 0 unspecified atom stereocenters. The maximum Gasteiger partial charge on any atom is 0.307 e. The topological polar surface area (TPSA) is 49.3 Å². The number of aliphatic carboxylic acids is 1. The highest BCUT2D eigenvalue weighted by atomic mass is 16.4. The molecule has 0 aliphatic carbocycles. The van der Waals surface area contributed by atoms with Crippen molar-refractivity contribution >= 4 is 5.97 Å². The van der Waals surface area contributed by atoms with Crippen molar-refractivity contribution in [3.8, 4) is 11.8 Å². The summed E-state index contributed by atoms with van der Waals surface area (Å²) in [6.07, 6.45) is 0.876. The van der Waals surface area contributed by atoms with Gasteiger partial charge in [-0.05, 0) is 24.7 Å². The molecule has 0 spiro atoms. The quantitative estimate of drug-likeness (QED) is 0.590. The van der Waals surface area contributed by atoms with E-state index in [1.165, 1.54) is 0 Å². The van der Waals surface area contributed by atoms with Gasteiger partial charge >= 0.3 is 5.97 Å². The van der Waals surface area contributed by atoms with Crippen molar-refractivity contribution in [2.75, 3.05) is 13.6 Å². The Morgan fingerprint density at radius 3 is 2.62 bits per heavy atom. The van der Waals surface area contributed by atoms with Gasteiger partial charge in [0.25, 0.3) is 0 Å². The van der Waals surface area contributed by atoms with Crippen molar-refractivity contribution in [2.45, 2.75) is 12.8 Å². The Kier molecular flexibility index (Phi) is 5.10. The summed E-state index contributed by atoms with van der Waals surface area (Å²) in [6, 6.07) is 7.31. The summed E-state index contributed by atoms with van der Waals surface area (Å²) in [5.41, 5.74) is 1.72. The number of nitrogens with one attached hydrogen (secondary N) is 1. The molecule has 0 heterocycles. The molecule has 0 bridgehead atoms. The van der Waals surface area contributed by atoms with E-state index in [4.69, 9.17) is 5.11 Å². The summed E-state index contributed by atoms with van der Waals surface area (Å²) in [6.45, 7) is 0.879. The molecule has 1 aromatic carbocycles. The molecule has 3 nitrogen and oxygen atoms in total. The van der Waals surface area contributed by atoms with Gasteiger partial charge in [0.2, 0.25) is 0 Å². The number of benzene rings is 1. The predicted octanol–water partition coefficient (Wildman–Crippen LogP) is 1.27. The van der Waals surface area contributed by atoms with Crippen molar-refractivity contribution in [1.29, 1.82) is 0 Å². The van der Waals surface area contributed by atoms with Gasteiger partial charge < -0.3 is 10.4 Å². The van der Waals surface area contributed by atoms with Gasteiger partial charge in [-0.1, -0.05) is 24.0 Å². The van der Waals surface area contributed by atoms with Gasteiger partial charge in [0.15, 0.2) is 0 Å². The van der Waals surface area contributed by atoms with Crippen LogP contribution in [0.4, 0.5) is 0 Å². The monoisotopic (exact) mass is 217 g/mol. The van der Waals surface area contributed by atoms with Gasteiger partial charge in [0.1, 0.15) is 0 Å². The van der Waals surface area contributed by atoms with E-state index in [1.54, 1.807) is 12.1 Å². The molecule has 16 heavy (non-hydrogen) atoms. The van der Waals surface area contributed by atoms with Crippen molar-refractivity contribution in [2.24, 2.45) is 0 Å². The normalized spacial score (nSPS) is 9.31.